The summed E-state index contributed by atoms with van der Waals surface area (Å²) in [6.45, 7) is 3.05. The first-order valence-corrected chi connectivity index (χ1v) is 8.93. The molecule has 2 amide bonds. The number of urea groups is 1. The molecule has 1 fully saturated rings. The summed E-state index contributed by atoms with van der Waals surface area (Å²) in [7, 11) is 0. The van der Waals surface area contributed by atoms with E-state index in [1.807, 2.05) is 0 Å². The van der Waals surface area contributed by atoms with Crippen LogP contribution < -0.4 is 10.1 Å². The first-order valence-electron chi connectivity index (χ1n) is 8.93. The Morgan fingerprint density at radius 1 is 1.28 bits per heavy atom. The van der Waals surface area contributed by atoms with Gasteiger partial charge in [0.25, 0.3) is 5.69 Å². The highest BCUT2D eigenvalue weighted by Gasteiger charge is 2.21. The van der Waals surface area contributed by atoms with Crippen LogP contribution in [0.3, 0.4) is 0 Å². The van der Waals surface area contributed by atoms with Crippen LogP contribution in [-0.4, -0.2) is 70.2 Å². The van der Waals surface area contributed by atoms with E-state index in [2.05, 4.69) is 15.2 Å². The van der Waals surface area contributed by atoms with Gasteiger partial charge in [-0.15, -0.1) is 0 Å². The molecule has 154 valence electrons. The molecule has 0 atom stereocenters. The Morgan fingerprint density at radius 3 is 2.69 bits per heavy atom. The number of nitrogens with zero attached hydrogens (tertiary/aromatic N) is 4. The van der Waals surface area contributed by atoms with Crippen LogP contribution in [0.15, 0.2) is 36.5 Å². The number of ether oxygens (including phenoxy) is 1. The maximum Gasteiger partial charge on any atom is 0.323 e. The first kappa shape index (κ1) is 20.4. The van der Waals surface area contributed by atoms with Crippen molar-refractivity contribution in [3.05, 3.63) is 52.5 Å². The zero-order chi connectivity index (χ0) is 20.8. The second-order valence-electron chi connectivity index (χ2n) is 6.33. The summed E-state index contributed by atoms with van der Waals surface area (Å²) in [5.41, 5.74) is -0.378. The Kier molecular flexibility index (Phi) is 6.52. The molecule has 0 bridgehead atoms. The molecule has 11 heteroatoms. The van der Waals surface area contributed by atoms with Gasteiger partial charge in [0.15, 0.2) is 11.6 Å². The molecular weight excluding hydrogens is 385 g/mol. The molecule has 0 spiro atoms. The zero-order valence-electron chi connectivity index (χ0n) is 15.5. The molecule has 29 heavy (non-hydrogen) atoms. The highest BCUT2D eigenvalue weighted by molar-refractivity contribution is 5.88. The van der Waals surface area contributed by atoms with Gasteiger partial charge in [0.2, 0.25) is 0 Å². The number of benzene rings is 1. The van der Waals surface area contributed by atoms with Crippen LogP contribution in [-0.2, 0) is 0 Å². The number of rotatable bonds is 6. The number of nitro groups is 1. The molecule has 1 aliphatic heterocycles. The van der Waals surface area contributed by atoms with Gasteiger partial charge in [-0.1, -0.05) is 0 Å². The summed E-state index contributed by atoms with van der Waals surface area (Å²) in [6, 6.07) is 5.66. The summed E-state index contributed by atoms with van der Waals surface area (Å²) in [5, 5.41) is 22.3. The number of carbonyl (C=O) groups is 1. The lowest BCUT2D eigenvalue weighted by molar-refractivity contribution is -0.385. The summed E-state index contributed by atoms with van der Waals surface area (Å²) >= 11 is 0. The number of hydrogen-bond acceptors (Lipinski definition) is 7. The van der Waals surface area contributed by atoms with Crippen LogP contribution in [0, 0.1) is 15.9 Å². The standard InChI is InChI=1S/C18H20FN5O5/c19-15-11-13(24(27)28)1-2-16(15)29-14-3-4-20-17(12-14)21-18(26)23-7-5-22(6-8-23)9-10-25/h1-4,11-12,25H,5-10H2,(H,20,21,26). The van der Waals surface area contributed by atoms with Crippen molar-refractivity contribution in [2.24, 2.45) is 0 Å². The third-order valence-electron chi connectivity index (χ3n) is 4.40. The van der Waals surface area contributed by atoms with Crippen molar-refractivity contribution in [3.8, 4) is 11.5 Å². The minimum absolute atomic E-state index is 0.0816. The molecule has 0 unspecified atom stereocenters. The predicted molar refractivity (Wildman–Crippen MR) is 101 cm³/mol. The van der Waals surface area contributed by atoms with Crippen molar-refractivity contribution in [2.75, 3.05) is 44.6 Å². The lowest BCUT2D eigenvalue weighted by atomic mass is 10.3. The van der Waals surface area contributed by atoms with E-state index in [1.54, 1.807) is 4.90 Å². The number of aliphatic hydroxyl groups is 1. The van der Waals surface area contributed by atoms with Crippen molar-refractivity contribution in [2.45, 2.75) is 0 Å². The van der Waals surface area contributed by atoms with Gasteiger partial charge in [-0.3, -0.25) is 20.3 Å². The normalized spacial score (nSPS) is 14.5. The Labute approximate surface area is 165 Å². The van der Waals surface area contributed by atoms with E-state index in [0.29, 0.717) is 32.7 Å². The second-order valence-corrected chi connectivity index (χ2v) is 6.33. The van der Waals surface area contributed by atoms with Gasteiger partial charge in [-0.2, -0.15) is 0 Å². The lowest BCUT2D eigenvalue weighted by Crippen LogP contribution is -2.50. The minimum atomic E-state index is -0.873. The number of aliphatic hydroxyl groups excluding tert-OH is 1. The molecule has 3 rings (SSSR count). The molecule has 0 radical (unpaired) electrons. The highest BCUT2D eigenvalue weighted by atomic mass is 19.1. The van der Waals surface area contributed by atoms with E-state index in [4.69, 9.17) is 9.84 Å². The number of hydrogen-bond donors (Lipinski definition) is 2. The molecule has 10 nitrogen and oxygen atoms in total. The SMILES string of the molecule is O=C(Nc1cc(Oc2ccc([N+](=O)[O-])cc2F)ccn1)N1CCN(CCO)CC1. The van der Waals surface area contributed by atoms with Crippen LogP contribution in [0.5, 0.6) is 11.5 Å². The number of nitro benzene ring substituents is 1. The minimum Gasteiger partial charge on any atom is -0.454 e. The molecule has 1 aliphatic rings. The number of anilines is 1. The van der Waals surface area contributed by atoms with Crippen molar-refractivity contribution in [1.82, 2.24) is 14.8 Å². The Bertz CT molecular complexity index is 889. The fraction of sp³-hybridized carbons (Fsp3) is 0.333. The number of halogens is 1. The smallest absolute Gasteiger partial charge is 0.323 e. The summed E-state index contributed by atoms with van der Waals surface area (Å²) in [6.07, 6.45) is 1.40. The third-order valence-corrected chi connectivity index (χ3v) is 4.40. The Hall–Kier alpha value is -3.31. The molecule has 0 aliphatic carbocycles. The highest BCUT2D eigenvalue weighted by Crippen LogP contribution is 2.28. The van der Waals surface area contributed by atoms with Crippen molar-refractivity contribution >= 4 is 17.5 Å². The fourth-order valence-corrected chi connectivity index (χ4v) is 2.86. The van der Waals surface area contributed by atoms with Crippen LogP contribution in [0.2, 0.25) is 0 Å². The van der Waals surface area contributed by atoms with Gasteiger partial charge in [0.05, 0.1) is 17.6 Å². The molecular formula is C18H20FN5O5. The topological polar surface area (TPSA) is 121 Å². The van der Waals surface area contributed by atoms with Crippen LogP contribution in [0.4, 0.5) is 20.7 Å². The summed E-state index contributed by atoms with van der Waals surface area (Å²) < 4.78 is 19.4. The number of β-amino-alcohol motifs (C(OH)–C–C–N with tert-alkyl or cyclic N) is 1. The van der Waals surface area contributed by atoms with Gasteiger partial charge >= 0.3 is 6.03 Å². The van der Waals surface area contributed by atoms with Crippen molar-refractivity contribution in [3.63, 3.8) is 0 Å². The molecule has 0 saturated carbocycles. The third kappa shape index (κ3) is 5.36. The number of carbonyl (C=O) groups excluding carboxylic acids is 1. The Morgan fingerprint density at radius 2 is 2.03 bits per heavy atom. The first-order chi connectivity index (χ1) is 14.0. The number of non-ortho nitro benzene ring substituents is 1. The molecule has 2 aromatic rings. The molecule has 1 saturated heterocycles. The van der Waals surface area contributed by atoms with Gasteiger partial charge in [0, 0.05) is 51.1 Å². The van der Waals surface area contributed by atoms with E-state index in [9.17, 15) is 19.3 Å². The number of pyridine rings is 1. The summed E-state index contributed by atoms with van der Waals surface area (Å²) in [5.74, 6) is -0.607. The van der Waals surface area contributed by atoms with Gasteiger partial charge in [-0.25, -0.2) is 14.2 Å². The maximum atomic E-state index is 14.0. The molecule has 1 aromatic carbocycles. The van der Waals surface area contributed by atoms with Gasteiger partial charge in [-0.05, 0) is 12.1 Å². The largest absolute Gasteiger partial charge is 0.454 e. The van der Waals surface area contributed by atoms with Gasteiger partial charge in [0.1, 0.15) is 11.6 Å². The zero-order valence-corrected chi connectivity index (χ0v) is 15.5. The molecule has 2 N–H and O–H groups in total. The van der Waals surface area contributed by atoms with Crippen LogP contribution >= 0.6 is 0 Å². The molecule has 1 aromatic heterocycles. The maximum absolute atomic E-state index is 14.0. The van der Waals surface area contributed by atoms with Crippen molar-refractivity contribution in [1.29, 1.82) is 0 Å². The van der Waals surface area contributed by atoms with E-state index < -0.39 is 10.7 Å². The number of aromatic nitrogens is 1. The number of amides is 2. The van der Waals surface area contributed by atoms with E-state index in [-0.39, 0.29) is 35.6 Å². The monoisotopic (exact) mass is 405 g/mol. The fourth-order valence-electron chi connectivity index (χ4n) is 2.86. The quantitative estimate of drug-likeness (QED) is 0.557. The average molecular weight is 405 g/mol. The van der Waals surface area contributed by atoms with E-state index >= 15 is 0 Å². The molecule has 2 heterocycles. The predicted octanol–water partition coefficient (Wildman–Crippen LogP) is 2.06. The summed E-state index contributed by atoms with van der Waals surface area (Å²) in [4.78, 5) is 30.1. The van der Waals surface area contributed by atoms with Gasteiger partial charge < -0.3 is 14.7 Å². The average Bonchev–Trinajstić information content (AvgIpc) is 2.70. The second kappa shape index (κ2) is 9.26. The lowest BCUT2D eigenvalue weighted by Gasteiger charge is -2.34. The van der Waals surface area contributed by atoms with E-state index in [1.165, 1.54) is 18.3 Å². The van der Waals surface area contributed by atoms with Crippen LogP contribution in [0.25, 0.3) is 0 Å². The van der Waals surface area contributed by atoms with Crippen LogP contribution in [0.1, 0.15) is 0 Å². The number of piperazine rings is 1. The Balaban J connectivity index is 1.61. The number of nitrogens with one attached hydrogen (secondary N) is 1. The van der Waals surface area contributed by atoms with Crippen molar-refractivity contribution < 1.29 is 24.0 Å². The van der Waals surface area contributed by atoms with E-state index in [0.717, 1.165) is 18.2 Å².